The van der Waals surface area contributed by atoms with Crippen LogP contribution in [0.2, 0.25) is 0 Å². The van der Waals surface area contributed by atoms with Crippen LogP contribution in [-0.2, 0) is 0 Å². The zero-order valence-electron chi connectivity index (χ0n) is 15.6. The summed E-state index contributed by atoms with van der Waals surface area (Å²) in [5.41, 5.74) is 1.03. The molecule has 1 aliphatic rings. The molecule has 0 saturated carbocycles. The molecule has 1 amide bonds. The molecule has 2 atom stereocenters. The molecule has 2 N–H and O–H groups in total. The van der Waals surface area contributed by atoms with Crippen LogP contribution in [0.4, 0.5) is 8.78 Å². The Hall–Kier alpha value is -2.78. The first-order valence-electron chi connectivity index (χ1n) is 9.11. The lowest BCUT2D eigenvalue weighted by Gasteiger charge is -2.35. The number of nitrogens with zero attached hydrogens (tertiary/aromatic N) is 2. The third kappa shape index (κ3) is 4.30. The van der Waals surface area contributed by atoms with Crippen LogP contribution < -0.4 is 4.74 Å². The molecule has 1 fully saturated rings. The van der Waals surface area contributed by atoms with E-state index >= 15 is 0 Å². The number of amides is 1. The Morgan fingerprint density at radius 3 is 2.69 bits per heavy atom. The van der Waals surface area contributed by atoms with Crippen molar-refractivity contribution in [1.82, 2.24) is 15.1 Å². The Balaban J connectivity index is 1.40. The molecule has 0 bridgehead atoms. The summed E-state index contributed by atoms with van der Waals surface area (Å²) >= 11 is 1.60. The number of aromatic nitrogens is 2. The van der Waals surface area contributed by atoms with Gasteiger partial charge in [0.05, 0.1) is 17.1 Å². The molecule has 0 radical (unpaired) electrons. The molecule has 0 aliphatic carbocycles. The van der Waals surface area contributed by atoms with Crippen molar-refractivity contribution < 1.29 is 23.4 Å². The standard InChI is InChI=1S/C20H19F2N3O3S/c1-11-2-3-19(29-11)15-9-16(24-23-15)20(27)25-5-4-18(17(26)10-25)28-14-7-12(21)6-13(22)8-14/h2-3,6-9,17-18,26H,4-5,10H2,1H3,(H,23,24)/t17-,18-/m1/s1. The largest absolute Gasteiger partial charge is 0.487 e. The highest BCUT2D eigenvalue weighted by atomic mass is 32.1. The summed E-state index contributed by atoms with van der Waals surface area (Å²) in [6, 6.07) is 8.52. The van der Waals surface area contributed by atoms with Crippen LogP contribution in [0.15, 0.2) is 36.4 Å². The van der Waals surface area contributed by atoms with Crippen LogP contribution in [-0.4, -0.2) is 51.4 Å². The van der Waals surface area contributed by atoms with E-state index in [2.05, 4.69) is 10.2 Å². The summed E-state index contributed by atoms with van der Waals surface area (Å²) in [7, 11) is 0. The van der Waals surface area contributed by atoms with E-state index in [1.54, 1.807) is 17.4 Å². The Morgan fingerprint density at radius 2 is 2.03 bits per heavy atom. The van der Waals surface area contributed by atoms with E-state index in [1.807, 2.05) is 19.1 Å². The summed E-state index contributed by atoms with van der Waals surface area (Å²) in [5.74, 6) is -1.79. The molecule has 3 aromatic rings. The fraction of sp³-hybridized carbons (Fsp3) is 0.300. The third-order valence-corrected chi connectivity index (χ3v) is 5.77. The molecule has 1 aliphatic heterocycles. The van der Waals surface area contributed by atoms with Gasteiger partial charge in [0.1, 0.15) is 29.6 Å². The number of likely N-dealkylation sites (tertiary alicyclic amines) is 1. The first-order valence-corrected chi connectivity index (χ1v) is 9.93. The number of carbonyl (C=O) groups excluding carboxylic acids is 1. The van der Waals surface area contributed by atoms with Crippen molar-refractivity contribution in [1.29, 1.82) is 0 Å². The molecular formula is C20H19F2N3O3S. The second-order valence-electron chi connectivity index (χ2n) is 6.95. The molecule has 1 aromatic carbocycles. The van der Waals surface area contributed by atoms with Gasteiger partial charge in [-0.25, -0.2) is 8.78 Å². The monoisotopic (exact) mass is 419 g/mol. The predicted octanol–water partition coefficient (Wildman–Crippen LogP) is 3.38. The highest BCUT2D eigenvalue weighted by Gasteiger charge is 2.33. The lowest BCUT2D eigenvalue weighted by Crippen LogP contribution is -2.51. The smallest absolute Gasteiger partial charge is 0.274 e. The number of hydrogen-bond acceptors (Lipinski definition) is 5. The average Bonchev–Trinajstić information content (AvgIpc) is 3.31. The van der Waals surface area contributed by atoms with E-state index < -0.39 is 23.8 Å². The Kier molecular flexibility index (Phi) is 5.33. The topological polar surface area (TPSA) is 78.5 Å². The second kappa shape index (κ2) is 7.92. The highest BCUT2D eigenvalue weighted by Crippen LogP contribution is 2.27. The zero-order chi connectivity index (χ0) is 20.5. The number of aromatic amines is 1. The number of thiophene rings is 1. The van der Waals surface area contributed by atoms with Crippen molar-refractivity contribution >= 4 is 17.2 Å². The molecule has 2 aromatic heterocycles. The maximum absolute atomic E-state index is 13.3. The second-order valence-corrected chi connectivity index (χ2v) is 8.23. The van der Waals surface area contributed by atoms with Crippen molar-refractivity contribution in [3.05, 3.63) is 58.6 Å². The van der Waals surface area contributed by atoms with E-state index in [0.29, 0.717) is 13.0 Å². The third-order valence-electron chi connectivity index (χ3n) is 4.73. The van der Waals surface area contributed by atoms with Gasteiger partial charge < -0.3 is 14.7 Å². The van der Waals surface area contributed by atoms with Crippen LogP contribution in [0.1, 0.15) is 21.8 Å². The van der Waals surface area contributed by atoms with Crippen molar-refractivity contribution in [2.24, 2.45) is 0 Å². The summed E-state index contributed by atoms with van der Waals surface area (Å²) in [5, 5.41) is 17.4. The molecule has 0 spiro atoms. The number of piperidine rings is 1. The van der Waals surface area contributed by atoms with Gasteiger partial charge in [0.25, 0.3) is 5.91 Å². The number of aliphatic hydroxyl groups is 1. The normalized spacial score (nSPS) is 19.4. The maximum atomic E-state index is 13.3. The van der Waals surface area contributed by atoms with Gasteiger partial charge in [-0.3, -0.25) is 9.89 Å². The Morgan fingerprint density at radius 1 is 1.28 bits per heavy atom. The van der Waals surface area contributed by atoms with Crippen LogP contribution in [0.25, 0.3) is 10.6 Å². The molecule has 6 nitrogen and oxygen atoms in total. The van der Waals surface area contributed by atoms with Gasteiger partial charge in [0, 0.05) is 36.0 Å². The Bertz CT molecular complexity index is 1020. The van der Waals surface area contributed by atoms with Gasteiger partial charge in [0.2, 0.25) is 0 Å². The van der Waals surface area contributed by atoms with E-state index in [1.165, 1.54) is 4.90 Å². The first-order chi connectivity index (χ1) is 13.9. The molecule has 29 heavy (non-hydrogen) atoms. The number of hydrogen-bond donors (Lipinski definition) is 2. The lowest BCUT2D eigenvalue weighted by atomic mass is 10.0. The van der Waals surface area contributed by atoms with Crippen molar-refractivity contribution in [3.8, 4) is 16.3 Å². The van der Waals surface area contributed by atoms with Crippen molar-refractivity contribution in [2.75, 3.05) is 13.1 Å². The minimum Gasteiger partial charge on any atom is -0.487 e. The number of carbonyl (C=O) groups is 1. The number of rotatable bonds is 4. The number of benzene rings is 1. The summed E-state index contributed by atoms with van der Waals surface area (Å²) in [6.45, 7) is 2.38. The lowest BCUT2D eigenvalue weighted by molar-refractivity contribution is -0.0202. The number of H-pyrrole nitrogens is 1. The number of ether oxygens (including phenoxy) is 1. The minimum absolute atomic E-state index is 0.00881. The molecule has 9 heteroatoms. The van der Waals surface area contributed by atoms with Crippen LogP contribution in [0.5, 0.6) is 5.75 Å². The average molecular weight is 419 g/mol. The summed E-state index contributed by atoms with van der Waals surface area (Å²) in [4.78, 5) is 16.4. The van der Waals surface area contributed by atoms with Crippen LogP contribution in [0, 0.1) is 18.6 Å². The van der Waals surface area contributed by atoms with Crippen molar-refractivity contribution in [3.63, 3.8) is 0 Å². The fourth-order valence-electron chi connectivity index (χ4n) is 3.30. The van der Waals surface area contributed by atoms with E-state index in [0.717, 1.165) is 33.6 Å². The van der Waals surface area contributed by atoms with Gasteiger partial charge in [-0.2, -0.15) is 5.10 Å². The fourth-order valence-corrected chi connectivity index (χ4v) is 4.14. The van der Waals surface area contributed by atoms with E-state index in [4.69, 9.17) is 4.74 Å². The van der Waals surface area contributed by atoms with Crippen LogP contribution in [0.3, 0.4) is 0 Å². The maximum Gasteiger partial charge on any atom is 0.274 e. The number of aryl methyl sites for hydroxylation is 1. The minimum atomic E-state index is -0.989. The number of nitrogens with one attached hydrogen (secondary N) is 1. The van der Waals surface area contributed by atoms with Gasteiger partial charge in [-0.15, -0.1) is 11.3 Å². The quantitative estimate of drug-likeness (QED) is 0.680. The molecular weight excluding hydrogens is 400 g/mol. The zero-order valence-corrected chi connectivity index (χ0v) is 16.4. The molecule has 0 unspecified atom stereocenters. The molecule has 4 rings (SSSR count). The molecule has 152 valence electrons. The summed E-state index contributed by atoms with van der Waals surface area (Å²) in [6.07, 6.45) is -1.33. The SMILES string of the molecule is Cc1ccc(-c2cc(C(=O)N3CC[C@@H](Oc4cc(F)cc(F)c4)[C@H](O)C3)n[nH]2)s1. The number of halogens is 2. The Labute approximate surface area is 169 Å². The molecule has 3 heterocycles. The summed E-state index contributed by atoms with van der Waals surface area (Å²) < 4.78 is 32.2. The van der Waals surface area contributed by atoms with Gasteiger partial charge in [-0.1, -0.05) is 0 Å². The molecule has 1 saturated heterocycles. The van der Waals surface area contributed by atoms with Gasteiger partial charge in [-0.05, 0) is 25.1 Å². The van der Waals surface area contributed by atoms with Gasteiger partial charge >= 0.3 is 0 Å². The predicted molar refractivity (Wildman–Crippen MR) is 104 cm³/mol. The number of aliphatic hydroxyl groups excluding tert-OH is 1. The van der Waals surface area contributed by atoms with E-state index in [-0.39, 0.29) is 23.9 Å². The van der Waals surface area contributed by atoms with Gasteiger partial charge in [0.15, 0.2) is 5.69 Å². The van der Waals surface area contributed by atoms with Crippen molar-refractivity contribution in [2.45, 2.75) is 25.6 Å². The highest BCUT2D eigenvalue weighted by molar-refractivity contribution is 7.15. The number of β-amino-alcohol motifs (C(OH)–C–C–N with tert-alkyl or cyclic N) is 1. The first kappa shape index (κ1) is 19.5. The van der Waals surface area contributed by atoms with E-state index in [9.17, 15) is 18.7 Å². The van der Waals surface area contributed by atoms with Crippen LogP contribution >= 0.6 is 11.3 Å².